The molecule has 1 saturated heterocycles. The SMILES string of the molecule is O=C(C(O)C(O)C(O)CO)C1OC[C@@H](O)[C@H](O)[C@H]1O. The Labute approximate surface area is 108 Å². The number of Topliss-reactive ketones (excluding diaryl/α,β-unsaturated/α-hetero) is 1. The van der Waals surface area contributed by atoms with E-state index >= 15 is 0 Å². The highest BCUT2D eigenvalue weighted by atomic mass is 16.5. The predicted octanol–water partition coefficient (Wildman–Crippen LogP) is -4.89. The molecule has 0 spiro atoms. The van der Waals surface area contributed by atoms with Crippen LogP contribution in [-0.2, 0) is 9.53 Å². The number of rotatable bonds is 5. The van der Waals surface area contributed by atoms with E-state index in [4.69, 9.17) is 14.9 Å². The van der Waals surface area contributed by atoms with E-state index in [-0.39, 0.29) is 0 Å². The fourth-order valence-corrected chi connectivity index (χ4v) is 1.71. The Kier molecular flexibility index (Phi) is 5.77. The summed E-state index contributed by atoms with van der Waals surface area (Å²) in [6.07, 6.45) is -12.2. The molecule has 9 nitrogen and oxygen atoms in total. The highest BCUT2D eigenvalue weighted by Crippen LogP contribution is 2.18. The topological polar surface area (TPSA) is 168 Å². The van der Waals surface area contributed by atoms with Crippen molar-refractivity contribution in [2.24, 2.45) is 0 Å². The van der Waals surface area contributed by atoms with Gasteiger partial charge in [-0.3, -0.25) is 4.79 Å². The van der Waals surface area contributed by atoms with Crippen LogP contribution in [0.2, 0.25) is 0 Å². The molecule has 0 aromatic carbocycles. The second-order valence-electron chi connectivity index (χ2n) is 4.39. The summed E-state index contributed by atoms with van der Waals surface area (Å²) >= 11 is 0. The second-order valence-corrected chi connectivity index (χ2v) is 4.39. The third kappa shape index (κ3) is 3.46. The van der Waals surface area contributed by atoms with E-state index in [9.17, 15) is 30.3 Å². The zero-order chi connectivity index (χ0) is 14.7. The number of ether oxygens (including phenoxy) is 1. The van der Waals surface area contributed by atoms with Gasteiger partial charge in [0.15, 0.2) is 5.78 Å². The smallest absolute Gasteiger partial charge is 0.195 e. The van der Waals surface area contributed by atoms with E-state index in [2.05, 4.69) is 0 Å². The molecule has 0 aliphatic carbocycles. The molecule has 0 bridgehead atoms. The highest BCUT2D eigenvalue weighted by molar-refractivity contribution is 5.88. The first-order valence-electron chi connectivity index (χ1n) is 5.65. The van der Waals surface area contributed by atoms with E-state index in [1.54, 1.807) is 0 Å². The van der Waals surface area contributed by atoms with Gasteiger partial charge in [0.1, 0.15) is 42.7 Å². The van der Waals surface area contributed by atoms with Crippen molar-refractivity contribution in [1.29, 1.82) is 0 Å². The van der Waals surface area contributed by atoms with Crippen molar-refractivity contribution in [2.75, 3.05) is 13.2 Å². The van der Waals surface area contributed by atoms with Gasteiger partial charge in [0.2, 0.25) is 0 Å². The van der Waals surface area contributed by atoms with Gasteiger partial charge in [0.05, 0.1) is 13.2 Å². The quantitative estimate of drug-likeness (QED) is 0.261. The van der Waals surface area contributed by atoms with Gasteiger partial charge in [-0.1, -0.05) is 0 Å². The molecule has 4 unspecified atom stereocenters. The normalized spacial score (nSPS) is 36.6. The molecule has 0 aromatic heterocycles. The van der Waals surface area contributed by atoms with E-state index in [1.165, 1.54) is 0 Å². The van der Waals surface area contributed by atoms with Crippen LogP contribution in [0, 0.1) is 0 Å². The second kappa shape index (κ2) is 6.68. The van der Waals surface area contributed by atoms with Gasteiger partial charge in [-0.25, -0.2) is 0 Å². The number of hydrogen-bond donors (Lipinski definition) is 7. The lowest BCUT2D eigenvalue weighted by Gasteiger charge is -2.35. The lowest BCUT2D eigenvalue weighted by atomic mass is 9.92. The van der Waals surface area contributed by atoms with Crippen molar-refractivity contribution in [3.8, 4) is 0 Å². The number of aliphatic hydroxyl groups is 7. The summed E-state index contributed by atoms with van der Waals surface area (Å²) in [5.41, 5.74) is 0. The van der Waals surface area contributed by atoms with E-state index in [1.807, 2.05) is 0 Å². The molecule has 1 aliphatic heterocycles. The van der Waals surface area contributed by atoms with Gasteiger partial charge >= 0.3 is 0 Å². The van der Waals surface area contributed by atoms with Gasteiger partial charge in [0.25, 0.3) is 0 Å². The Morgan fingerprint density at radius 1 is 1.16 bits per heavy atom. The number of ketones is 1. The molecule has 1 heterocycles. The van der Waals surface area contributed by atoms with E-state index in [0.29, 0.717) is 0 Å². The number of carbonyl (C=O) groups is 1. The average molecular weight is 282 g/mol. The Balaban J connectivity index is 2.72. The van der Waals surface area contributed by atoms with Crippen LogP contribution in [-0.4, -0.2) is 97.5 Å². The fraction of sp³-hybridized carbons (Fsp3) is 0.900. The van der Waals surface area contributed by atoms with Crippen molar-refractivity contribution in [3.63, 3.8) is 0 Å². The summed E-state index contributed by atoms with van der Waals surface area (Å²) in [7, 11) is 0. The summed E-state index contributed by atoms with van der Waals surface area (Å²) in [5.74, 6) is -1.17. The Hall–Kier alpha value is -0.650. The van der Waals surface area contributed by atoms with Crippen molar-refractivity contribution in [1.82, 2.24) is 0 Å². The van der Waals surface area contributed by atoms with Gasteiger partial charge in [0, 0.05) is 0 Å². The maximum absolute atomic E-state index is 11.7. The van der Waals surface area contributed by atoms with Crippen molar-refractivity contribution in [3.05, 3.63) is 0 Å². The minimum Gasteiger partial charge on any atom is -0.394 e. The molecule has 1 aliphatic rings. The first-order valence-corrected chi connectivity index (χ1v) is 5.65. The van der Waals surface area contributed by atoms with Crippen molar-refractivity contribution >= 4 is 5.78 Å². The van der Waals surface area contributed by atoms with Gasteiger partial charge in [-0.15, -0.1) is 0 Å². The number of carbonyl (C=O) groups excluding carboxylic acids is 1. The summed E-state index contributed by atoms with van der Waals surface area (Å²) < 4.78 is 4.79. The van der Waals surface area contributed by atoms with Gasteiger partial charge < -0.3 is 40.5 Å². The first kappa shape index (κ1) is 16.4. The van der Waals surface area contributed by atoms with Crippen LogP contribution in [0.4, 0.5) is 0 Å². The maximum atomic E-state index is 11.7. The van der Waals surface area contributed by atoms with Crippen LogP contribution in [0.15, 0.2) is 0 Å². The third-order valence-corrected chi connectivity index (χ3v) is 2.98. The largest absolute Gasteiger partial charge is 0.394 e. The molecule has 7 atom stereocenters. The van der Waals surface area contributed by atoms with Crippen LogP contribution in [0.25, 0.3) is 0 Å². The molecule has 0 amide bonds. The summed E-state index contributed by atoms with van der Waals surface area (Å²) in [6, 6.07) is 0. The lowest BCUT2D eigenvalue weighted by molar-refractivity contribution is -0.199. The van der Waals surface area contributed by atoms with Crippen molar-refractivity contribution < 1.29 is 45.3 Å². The highest BCUT2D eigenvalue weighted by Gasteiger charge is 2.45. The standard InChI is InChI=1S/C10H18O9/c11-1-3(12)5(14)7(16)9(18)10-8(17)6(15)4(13)2-19-10/h3-8,10-17H,1-2H2/t3?,4-,5?,6+,7?,8-,10?/m1/s1. The van der Waals surface area contributed by atoms with Crippen LogP contribution in [0.5, 0.6) is 0 Å². The third-order valence-electron chi connectivity index (χ3n) is 2.98. The molecular weight excluding hydrogens is 264 g/mol. The Morgan fingerprint density at radius 2 is 1.74 bits per heavy atom. The molecule has 1 fully saturated rings. The van der Waals surface area contributed by atoms with Crippen LogP contribution in [0.1, 0.15) is 0 Å². The van der Waals surface area contributed by atoms with Crippen LogP contribution < -0.4 is 0 Å². The summed E-state index contributed by atoms with van der Waals surface area (Å²) in [5, 5.41) is 64.7. The molecule has 0 saturated carbocycles. The number of hydrogen-bond acceptors (Lipinski definition) is 9. The van der Waals surface area contributed by atoms with Crippen LogP contribution in [0.3, 0.4) is 0 Å². The number of aliphatic hydroxyl groups excluding tert-OH is 7. The minimum atomic E-state index is -2.11. The predicted molar refractivity (Wildman–Crippen MR) is 57.9 cm³/mol. The first-order chi connectivity index (χ1) is 8.81. The molecule has 7 N–H and O–H groups in total. The van der Waals surface area contributed by atoms with Gasteiger partial charge in [-0.2, -0.15) is 0 Å². The molecule has 0 aromatic rings. The van der Waals surface area contributed by atoms with Gasteiger partial charge in [-0.05, 0) is 0 Å². The molecule has 112 valence electrons. The van der Waals surface area contributed by atoms with Crippen LogP contribution >= 0.6 is 0 Å². The van der Waals surface area contributed by atoms with Crippen molar-refractivity contribution in [2.45, 2.75) is 42.7 Å². The maximum Gasteiger partial charge on any atom is 0.195 e. The monoisotopic (exact) mass is 282 g/mol. The zero-order valence-corrected chi connectivity index (χ0v) is 9.90. The molecule has 1 rings (SSSR count). The zero-order valence-electron chi connectivity index (χ0n) is 9.90. The molecule has 19 heavy (non-hydrogen) atoms. The summed E-state index contributed by atoms with van der Waals surface area (Å²) in [4.78, 5) is 11.7. The molecular formula is C10H18O9. The summed E-state index contributed by atoms with van der Waals surface area (Å²) in [6.45, 7) is -1.30. The van der Waals surface area contributed by atoms with E-state index in [0.717, 1.165) is 0 Å². The van der Waals surface area contributed by atoms with E-state index < -0.39 is 61.7 Å². The lowest BCUT2D eigenvalue weighted by Crippen LogP contribution is -2.59. The molecule has 0 radical (unpaired) electrons. The average Bonchev–Trinajstić information content (AvgIpc) is 2.41. The molecule has 9 heteroatoms. The minimum absolute atomic E-state index is 0.431. The Bertz CT molecular complexity index is 309. The fourth-order valence-electron chi connectivity index (χ4n) is 1.71. The Morgan fingerprint density at radius 3 is 2.26 bits per heavy atom.